The van der Waals surface area contributed by atoms with E-state index in [2.05, 4.69) is 20.6 Å². The van der Waals surface area contributed by atoms with Gasteiger partial charge in [0.1, 0.15) is 5.82 Å². The Balaban J connectivity index is 1.78. The van der Waals surface area contributed by atoms with Gasteiger partial charge in [-0.1, -0.05) is 0 Å². The lowest BCUT2D eigenvalue weighted by Gasteiger charge is -2.15. The van der Waals surface area contributed by atoms with Gasteiger partial charge in [0.05, 0.1) is 4.92 Å². The Bertz CT molecular complexity index is 785. The van der Waals surface area contributed by atoms with E-state index in [4.69, 9.17) is 5.11 Å². The monoisotopic (exact) mass is 344 g/mol. The van der Waals surface area contributed by atoms with Gasteiger partial charge in [-0.05, 0) is 24.6 Å². The molecule has 2 aromatic rings. The van der Waals surface area contributed by atoms with E-state index < -0.39 is 11.0 Å². The number of hydrogen-bond acceptors (Lipinski definition) is 7. The average molecular weight is 344 g/mol. The number of rotatable bonds is 5. The molecule has 0 spiro atoms. The molecule has 3 N–H and O–H groups in total. The largest absolute Gasteiger partial charge is 0.465 e. The number of nitro groups is 1. The van der Waals surface area contributed by atoms with Crippen LogP contribution >= 0.6 is 0 Å². The lowest BCUT2D eigenvalue weighted by Crippen LogP contribution is -2.30. The van der Waals surface area contributed by atoms with Crippen molar-refractivity contribution in [3.63, 3.8) is 0 Å². The molecule has 0 aromatic carbocycles. The van der Waals surface area contributed by atoms with Gasteiger partial charge in [0.25, 0.3) is 0 Å². The fraction of sp³-hybridized carbons (Fsp3) is 0.267. The second-order valence-corrected chi connectivity index (χ2v) is 5.54. The number of pyridine rings is 2. The first-order valence-corrected chi connectivity index (χ1v) is 7.60. The number of anilines is 3. The van der Waals surface area contributed by atoms with Crippen LogP contribution in [0.4, 0.5) is 27.8 Å². The Morgan fingerprint density at radius 2 is 2.08 bits per heavy atom. The number of carbonyl (C=O) groups is 1. The van der Waals surface area contributed by atoms with Crippen LogP contribution in [0.2, 0.25) is 0 Å². The Kier molecular flexibility index (Phi) is 4.59. The molecule has 1 aliphatic heterocycles. The third-order valence-corrected chi connectivity index (χ3v) is 3.82. The van der Waals surface area contributed by atoms with Gasteiger partial charge in [0.15, 0.2) is 0 Å². The fourth-order valence-electron chi connectivity index (χ4n) is 2.60. The Labute approximate surface area is 142 Å². The molecule has 1 aliphatic rings. The van der Waals surface area contributed by atoms with Crippen molar-refractivity contribution in [2.75, 3.05) is 23.7 Å². The zero-order valence-electron chi connectivity index (χ0n) is 13.1. The molecule has 25 heavy (non-hydrogen) atoms. The summed E-state index contributed by atoms with van der Waals surface area (Å²) in [6.07, 6.45) is 2.82. The molecule has 1 amide bonds. The number of carboxylic acid groups (broad SMARTS) is 1. The second kappa shape index (κ2) is 6.99. The summed E-state index contributed by atoms with van der Waals surface area (Å²) >= 11 is 0. The molecule has 10 heteroatoms. The van der Waals surface area contributed by atoms with Crippen LogP contribution in [0.5, 0.6) is 0 Å². The number of nitrogens with zero attached hydrogens (tertiary/aromatic N) is 4. The Morgan fingerprint density at radius 1 is 1.32 bits per heavy atom. The summed E-state index contributed by atoms with van der Waals surface area (Å²) in [6, 6.07) is 6.14. The van der Waals surface area contributed by atoms with Crippen LogP contribution in [-0.2, 0) is 0 Å². The summed E-state index contributed by atoms with van der Waals surface area (Å²) < 4.78 is 0. The molecule has 1 saturated heterocycles. The van der Waals surface area contributed by atoms with Crippen molar-refractivity contribution >= 4 is 29.1 Å². The highest BCUT2D eigenvalue weighted by molar-refractivity contribution is 5.68. The lowest BCUT2D eigenvalue weighted by molar-refractivity contribution is -0.384. The van der Waals surface area contributed by atoms with E-state index in [1.807, 2.05) is 0 Å². The van der Waals surface area contributed by atoms with Crippen molar-refractivity contribution in [1.29, 1.82) is 0 Å². The van der Waals surface area contributed by atoms with E-state index in [0.29, 0.717) is 31.0 Å². The zero-order chi connectivity index (χ0) is 17.8. The first-order valence-electron chi connectivity index (χ1n) is 7.60. The van der Waals surface area contributed by atoms with E-state index in [1.165, 1.54) is 17.0 Å². The van der Waals surface area contributed by atoms with Gasteiger partial charge in [-0.25, -0.2) is 9.78 Å². The number of amides is 1. The highest BCUT2D eigenvalue weighted by Crippen LogP contribution is 2.27. The summed E-state index contributed by atoms with van der Waals surface area (Å²) in [6.45, 7) is 0.795. The van der Waals surface area contributed by atoms with Crippen molar-refractivity contribution in [3.8, 4) is 0 Å². The zero-order valence-corrected chi connectivity index (χ0v) is 13.1. The first-order chi connectivity index (χ1) is 12.0. The molecule has 1 atom stereocenters. The summed E-state index contributed by atoms with van der Waals surface area (Å²) in [5.74, 6) is 0.550. The van der Waals surface area contributed by atoms with Gasteiger partial charge in [0, 0.05) is 43.3 Å². The third-order valence-electron chi connectivity index (χ3n) is 3.82. The Hall–Kier alpha value is -3.43. The highest BCUT2D eigenvalue weighted by atomic mass is 16.6. The van der Waals surface area contributed by atoms with Crippen molar-refractivity contribution in [2.45, 2.75) is 12.5 Å². The van der Waals surface area contributed by atoms with Crippen molar-refractivity contribution in [2.24, 2.45) is 0 Å². The van der Waals surface area contributed by atoms with Gasteiger partial charge in [0.2, 0.25) is 5.82 Å². The minimum Gasteiger partial charge on any atom is -0.465 e. The maximum Gasteiger partial charge on any atom is 0.407 e. The summed E-state index contributed by atoms with van der Waals surface area (Å²) in [7, 11) is 0. The van der Waals surface area contributed by atoms with Crippen LogP contribution in [0.1, 0.15) is 6.42 Å². The summed E-state index contributed by atoms with van der Waals surface area (Å²) in [5.41, 5.74) is 0.474. The number of likely N-dealkylation sites (tertiary alicyclic amines) is 1. The van der Waals surface area contributed by atoms with E-state index >= 15 is 0 Å². The van der Waals surface area contributed by atoms with Crippen LogP contribution in [-0.4, -0.2) is 50.1 Å². The van der Waals surface area contributed by atoms with Crippen molar-refractivity contribution < 1.29 is 14.8 Å². The van der Waals surface area contributed by atoms with E-state index in [0.717, 1.165) is 0 Å². The molecular formula is C15H16N6O4. The summed E-state index contributed by atoms with van der Waals surface area (Å²) in [5, 5.41) is 26.2. The summed E-state index contributed by atoms with van der Waals surface area (Å²) in [4.78, 5) is 31.1. The minimum absolute atomic E-state index is 0.0844. The van der Waals surface area contributed by atoms with E-state index in [1.54, 1.807) is 24.5 Å². The molecule has 0 radical (unpaired) electrons. The normalized spacial score (nSPS) is 16.5. The standard InChI is InChI=1S/C15H16N6O4/c22-15(23)20-8-5-11(9-20)17-13-2-1-12(21(24)25)14(19-13)18-10-3-6-16-7-4-10/h1-4,6-7,11H,5,8-9H2,(H,22,23)(H2,16,17,18,19)/t11-/m1/s1. The van der Waals surface area contributed by atoms with Crippen molar-refractivity contribution in [1.82, 2.24) is 14.9 Å². The Morgan fingerprint density at radius 3 is 2.72 bits per heavy atom. The molecule has 0 saturated carbocycles. The topological polar surface area (TPSA) is 134 Å². The molecule has 3 rings (SSSR count). The van der Waals surface area contributed by atoms with Gasteiger partial charge >= 0.3 is 11.8 Å². The lowest BCUT2D eigenvalue weighted by atomic mass is 10.2. The van der Waals surface area contributed by atoms with Crippen LogP contribution in [0.3, 0.4) is 0 Å². The molecule has 2 aromatic heterocycles. The predicted octanol–water partition coefficient (Wildman–Crippen LogP) is 2.29. The highest BCUT2D eigenvalue weighted by Gasteiger charge is 2.26. The van der Waals surface area contributed by atoms with Crippen LogP contribution in [0.15, 0.2) is 36.7 Å². The van der Waals surface area contributed by atoms with Gasteiger partial charge < -0.3 is 20.6 Å². The van der Waals surface area contributed by atoms with Crippen LogP contribution < -0.4 is 10.6 Å². The third kappa shape index (κ3) is 3.91. The molecule has 10 nitrogen and oxygen atoms in total. The van der Waals surface area contributed by atoms with E-state index in [9.17, 15) is 14.9 Å². The van der Waals surface area contributed by atoms with Crippen LogP contribution in [0, 0.1) is 10.1 Å². The first kappa shape index (κ1) is 16.4. The molecular weight excluding hydrogens is 328 g/mol. The quantitative estimate of drug-likeness (QED) is 0.555. The van der Waals surface area contributed by atoms with Crippen LogP contribution in [0.25, 0.3) is 0 Å². The number of hydrogen-bond donors (Lipinski definition) is 3. The molecule has 1 fully saturated rings. The van der Waals surface area contributed by atoms with Gasteiger partial charge in [-0.15, -0.1) is 0 Å². The second-order valence-electron chi connectivity index (χ2n) is 5.54. The maximum absolute atomic E-state index is 11.2. The predicted molar refractivity (Wildman–Crippen MR) is 90.0 cm³/mol. The molecule has 0 unspecified atom stereocenters. The molecule has 0 aliphatic carbocycles. The average Bonchev–Trinajstić information content (AvgIpc) is 3.04. The fourth-order valence-corrected chi connectivity index (χ4v) is 2.60. The molecule has 130 valence electrons. The smallest absolute Gasteiger partial charge is 0.407 e. The molecule has 3 heterocycles. The number of aromatic nitrogens is 2. The minimum atomic E-state index is -0.957. The van der Waals surface area contributed by atoms with Gasteiger partial charge in [-0.3, -0.25) is 15.1 Å². The van der Waals surface area contributed by atoms with E-state index in [-0.39, 0.29) is 17.5 Å². The molecule has 0 bridgehead atoms. The number of nitrogens with one attached hydrogen (secondary N) is 2. The van der Waals surface area contributed by atoms with Gasteiger partial charge in [-0.2, -0.15) is 0 Å². The van der Waals surface area contributed by atoms with Crippen molar-refractivity contribution in [3.05, 3.63) is 46.8 Å². The maximum atomic E-state index is 11.2. The SMILES string of the molecule is O=C(O)N1CC[C@@H](Nc2ccc([N+](=O)[O-])c(Nc3ccncc3)n2)C1.